The van der Waals surface area contributed by atoms with E-state index in [1.165, 1.54) is 186 Å². The van der Waals surface area contributed by atoms with Crippen molar-refractivity contribution in [2.75, 3.05) is 0 Å². The topological polar surface area (TPSA) is 74.6 Å². The van der Waals surface area contributed by atoms with E-state index in [1.54, 1.807) is 0 Å². The maximum absolute atomic E-state index is 11.9. The van der Waals surface area contributed by atoms with Crippen LogP contribution in [0.2, 0.25) is 0 Å². The van der Waals surface area contributed by atoms with E-state index in [4.69, 9.17) is 5.11 Å². The Morgan fingerprint density at radius 2 is 0.820 bits per heavy atom. The Morgan fingerprint density at radius 3 is 1.14 bits per heavy atom. The van der Waals surface area contributed by atoms with Crippen molar-refractivity contribution < 1.29 is 19.8 Å². The highest BCUT2D eigenvalue weighted by atomic mass is 16.4. The first-order valence-corrected chi connectivity index (χ1v) is 22.8. The number of aliphatic hydroxyl groups is 1. The number of Topliss-reactive ketones (excluding diaryl/α,β-unsaturated/α-hetero) is 1. The van der Waals surface area contributed by atoms with Crippen LogP contribution in [0.3, 0.4) is 0 Å². The molecule has 296 valence electrons. The van der Waals surface area contributed by atoms with Gasteiger partial charge in [0.25, 0.3) is 0 Å². The Hall–Kier alpha value is -0.900. The van der Waals surface area contributed by atoms with Crippen LogP contribution >= 0.6 is 0 Å². The molecule has 0 aromatic carbocycles. The predicted octanol–water partition coefficient (Wildman–Crippen LogP) is 14.6. The molecule has 1 fully saturated rings. The van der Waals surface area contributed by atoms with Gasteiger partial charge < -0.3 is 10.2 Å². The maximum atomic E-state index is 11.9. The summed E-state index contributed by atoms with van der Waals surface area (Å²) in [7, 11) is 0. The Labute approximate surface area is 312 Å². The third-order valence-corrected chi connectivity index (χ3v) is 12.3. The third-order valence-electron chi connectivity index (χ3n) is 12.3. The summed E-state index contributed by atoms with van der Waals surface area (Å²) in [6.45, 7) is 6.02. The van der Waals surface area contributed by atoms with Crippen molar-refractivity contribution in [2.45, 2.75) is 258 Å². The molecule has 1 saturated carbocycles. The fraction of sp³-hybridized carbons (Fsp3) is 0.957. The van der Waals surface area contributed by atoms with E-state index in [-0.39, 0.29) is 5.92 Å². The highest BCUT2D eigenvalue weighted by Gasteiger charge is 2.35. The Kier molecular flexibility index (Phi) is 32.0. The third kappa shape index (κ3) is 27.7. The lowest BCUT2D eigenvalue weighted by molar-refractivity contribution is -0.146. The fourth-order valence-corrected chi connectivity index (χ4v) is 8.19. The number of carboxylic acid groups (broad SMARTS) is 1. The quantitative estimate of drug-likeness (QED) is 0.0623. The van der Waals surface area contributed by atoms with Crippen molar-refractivity contribution in [1.82, 2.24) is 0 Å². The summed E-state index contributed by atoms with van der Waals surface area (Å²) in [5.74, 6) is 1.44. The van der Waals surface area contributed by atoms with E-state index in [0.717, 1.165) is 43.9 Å². The molecule has 0 amide bonds. The minimum atomic E-state index is -0.862. The minimum Gasteiger partial charge on any atom is -0.481 e. The number of aliphatic carboxylic acids is 1. The van der Waals surface area contributed by atoms with Gasteiger partial charge in [0, 0.05) is 12.3 Å². The van der Waals surface area contributed by atoms with Gasteiger partial charge in [0.1, 0.15) is 5.78 Å². The number of unbranched alkanes of at least 4 members (excludes halogenated alkanes) is 27. The second-order valence-corrected chi connectivity index (χ2v) is 16.8. The van der Waals surface area contributed by atoms with Crippen LogP contribution < -0.4 is 0 Å². The summed E-state index contributed by atoms with van der Waals surface area (Å²) < 4.78 is 0. The van der Waals surface area contributed by atoms with E-state index in [1.807, 2.05) is 6.92 Å². The van der Waals surface area contributed by atoms with Crippen LogP contribution in [0.15, 0.2) is 0 Å². The van der Waals surface area contributed by atoms with Crippen molar-refractivity contribution in [3.05, 3.63) is 0 Å². The molecule has 0 bridgehead atoms. The van der Waals surface area contributed by atoms with Crippen LogP contribution in [0.1, 0.15) is 252 Å². The van der Waals surface area contributed by atoms with Crippen LogP contribution in [0, 0.1) is 23.7 Å². The Morgan fingerprint density at radius 1 is 0.500 bits per heavy atom. The second kappa shape index (κ2) is 33.9. The molecule has 1 aliphatic rings. The summed E-state index contributed by atoms with van der Waals surface area (Å²) in [5, 5.41) is 19.2. The molecule has 5 atom stereocenters. The summed E-state index contributed by atoms with van der Waals surface area (Å²) >= 11 is 0. The number of carboxylic acids is 1. The molecular formula is C46H88O4. The van der Waals surface area contributed by atoms with Crippen molar-refractivity contribution >= 4 is 11.8 Å². The Bertz CT molecular complexity index is 765. The second-order valence-electron chi connectivity index (χ2n) is 16.8. The number of aliphatic hydroxyl groups excluding tert-OH is 1. The standard InChI is InChI=1S/C46H88O4/c1-4-40(3)44(47)37-33-29-25-21-17-13-9-7-6-8-11-15-19-23-27-31-35-41-39-42(41)36-32-28-24-20-16-12-10-14-18-22-26-30-34-38-45(48)43(5-2)46(49)50/h40-43,45,48H,4-39H2,1-3H3,(H,49,50)/t40-,41?,42?,43+,45+/m0/s1. The number of carbonyl (C=O) groups excluding carboxylic acids is 1. The van der Waals surface area contributed by atoms with Crippen LogP contribution in [-0.4, -0.2) is 28.1 Å². The number of hydrogen-bond donors (Lipinski definition) is 2. The minimum absolute atomic E-state index is 0.267. The zero-order valence-corrected chi connectivity index (χ0v) is 34.1. The zero-order chi connectivity index (χ0) is 36.5. The van der Waals surface area contributed by atoms with Gasteiger partial charge in [-0.2, -0.15) is 0 Å². The summed E-state index contributed by atoms with van der Waals surface area (Å²) in [4.78, 5) is 23.0. The fourth-order valence-electron chi connectivity index (χ4n) is 8.19. The molecule has 50 heavy (non-hydrogen) atoms. The number of carbonyl (C=O) groups is 2. The average Bonchev–Trinajstić information content (AvgIpc) is 3.86. The average molecular weight is 705 g/mol. The van der Waals surface area contributed by atoms with Gasteiger partial charge in [0.05, 0.1) is 12.0 Å². The highest BCUT2D eigenvalue weighted by molar-refractivity contribution is 5.80. The van der Waals surface area contributed by atoms with Gasteiger partial charge in [0.2, 0.25) is 0 Å². The van der Waals surface area contributed by atoms with Crippen LogP contribution in [0.4, 0.5) is 0 Å². The zero-order valence-electron chi connectivity index (χ0n) is 34.1. The lowest BCUT2D eigenvalue weighted by Crippen LogP contribution is -2.27. The van der Waals surface area contributed by atoms with Gasteiger partial charge in [-0.25, -0.2) is 0 Å². The van der Waals surface area contributed by atoms with E-state index in [9.17, 15) is 14.7 Å². The van der Waals surface area contributed by atoms with Crippen molar-refractivity contribution in [2.24, 2.45) is 23.7 Å². The van der Waals surface area contributed by atoms with Crippen LogP contribution in [-0.2, 0) is 9.59 Å². The van der Waals surface area contributed by atoms with Crippen LogP contribution in [0.25, 0.3) is 0 Å². The molecule has 0 radical (unpaired) electrons. The molecule has 0 aliphatic heterocycles. The van der Waals surface area contributed by atoms with Crippen molar-refractivity contribution in [3.8, 4) is 0 Å². The van der Waals surface area contributed by atoms with E-state index >= 15 is 0 Å². The Balaban J connectivity index is 1.71. The normalized spacial score (nSPS) is 17.5. The molecule has 0 aromatic rings. The molecule has 2 unspecified atom stereocenters. The van der Waals surface area contributed by atoms with Gasteiger partial charge in [-0.3, -0.25) is 9.59 Å². The van der Waals surface area contributed by atoms with Gasteiger partial charge >= 0.3 is 5.97 Å². The monoisotopic (exact) mass is 705 g/mol. The SMILES string of the molecule is CC[C@H](C)C(=O)CCCCCCCCCCCCCCCCCCC1CC1CCCCCCCCCCCCCCC[C@@H](O)[C@@H](CC)C(=O)O. The molecule has 4 nitrogen and oxygen atoms in total. The van der Waals surface area contributed by atoms with Gasteiger partial charge in [-0.15, -0.1) is 0 Å². The number of hydrogen-bond acceptors (Lipinski definition) is 3. The lowest BCUT2D eigenvalue weighted by atomic mass is 9.95. The first kappa shape index (κ1) is 47.1. The summed E-state index contributed by atoms with van der Waals surface area (Å²) in [6, 6.07) is 0. The molecule has 4 heteroatoms. The highest BCUT2D eigenvalue weighted by Crippen LogP contribution is 2.45. The number of rotatable bonds is 40. The molecule has 1 aliphatic carbocycles. The first-order chi connectivity index (χ1) is 24.4. The molecular weight excluding hydrogens is 617 g/mol. The smallest absolute Gasteiger partial charge is 0.309 e. The van der Waals surface area contributed by atoms with E-state index in [2.05, 4.69) is 13.8 Å². The predicted molar refractivity (Wildman–Crippen MR) is 216 cm³/mol. The van der Waals surface area contributed by atoms with Crippen molar-refractivity contribution in [1.29, 1.82) is 0 Å². The lowest BCUT2D eigenvalue weighted by Gasteiger charge is -2.17. The van der Waals surface area contributed by atoms with Crippen LogP contribution in [0.5, 0.6) is 0 Å². The van der Waals surface area contributed by atoms with Gasteiger partial charge in [-0.1, -0.05) is 213 Å². The molecule has 0 aromatic heterocycles. The van der Waals surface area contributed by atoms with E-state index < -0.39 is 18.0 Å². The van der Waals surface area contributed by atoms with Gasteiger partial charge in [0.15, 0.2) is 0 Å². The number of ketones is 1. The first-order valence-electron chi connectivity index (χ1n) is 22.8. The van der Waals surface area contributed by atoms with Gasteiger partial charge in [-0.05, 0) is 43.9 Å². The molecule has 2 N–H and O–H groups in total. The summed E-state index contributed by atoms with van der Waals surface area (Å²) in [6.07, 6.45) is 46.4. The van der Waals surface area contributed by atoms with Crippen molar-refractivity contribution in [3.63, 3.8) is 0 Å². The largest absolute Gasteiger partial charge is 0.481 e. The summed E-state index contributed by atoms with van der Waals surface area (Å²) in [5.41, 5.74) is 0. The van der Waals surface area contributed by atoms with E-state index in [0.29, 0.717) is 18.6 Å². The molecule has 0 spiro atoms. The molecule has 0 saturated heterocycles. The molecule has 0 heterocycles. The molecule has 1 rings (SSSR count). The maximum Gasteiger partial charge on any atom is 0.309 e.